The lowest BCUT2D eigenvalue weighted by Crippen LogP contribution is -2.24. The van der Waals surface area contributed by atoms with Gasteiger partial charge in [-0.25, -0.2) is 10.2 Å². The maximum atomic E-state index is 13.0. The molecule has 7 nitrogen and oxygen atoms in total. The van der Waals surface area contributed by atoms with Gasteiger partial charge in [-0.2, -0.15) is 5.10 Å². The maximum Gasteiger partial charge on any atom is 0.344 e. The van der Waals surface area contributed by atoms with Gasteiger partial charge in [0.2, 0.25) is 0 Å². The van der Waals surface area contributed by atoms with Gasteiger partial charge in [-0.05, 0) is 78.6 Å². The molecule has 4 rings (SSSR count). The first-order chi connectivity index (χ1) is 18.0. The molecule has 0 aromatic heterocycles. The zero-order chi connectivity index (χ0) is 26.2. The lowest BCUT2D eigenvalue weighted by molar-refractivity contribution is -0.123. The van der Waals surface area contributed by atoms with E-state index in [-0.39, 0.29) is 12.5 Å². The third-order valence-electron chi connectivity index (χ3n) is 5.80. The van der Waals surface area contributed by atoms with Crippen molar-refractivity contribution in [3.8, 4) is 17.2 Å². The van der Waals surface area contributed by atoms with E-state index in [0.29, 0.717) is 35.0 Å². The van der Waals surface area contributed by atoms with Gasteiger partial charge < -0.3 is 14.2 Å². The van der Waals surface area contributed by atoms with Crippen LogP contribution in [-0.4, -0.2) is 31.3 Å². The molecule has 0 heterocycles. The Bertz CT molecular complexity index is 1460. The molecule has 0 fully saturated rings. The van der Waals surface area contributed by atoms with E-state index in [4.69, 9.17) is 14.2 Å². The van der Waals surface area contributed by atoms with Crippen molar-refractivity contribution in [2.24, 2.45) is 5.10 Å². The summed E-state index contributed by atoms with van der Waals surface area (Å²) in [6, 6.07) is 23.9. The van der Waals surface area contributed by atoms with Crippen LogP contribution in [0.2, 0.25) is 0 Å². The summed E-state index contributed by atoms with van der Waals surface area (Å²) in [6.07, 6.45) is 1.48. The van der Waals surface area contributed by atoms with E-state index in [9.17, 15) is 9.59 Å². The fraction of sp³-hybridized carbons (Fsp3) is 0.167. The Morgan fingerprint density at radius 3 is 2.49 bits per heavy atom. The summed E-state index contributed by atoms with van der Waals surface area (Å²) in [6.45, 7) is 5.99. The van der Waals surface area contributed by atoms with Crippen LogP contribution < -0.4 is 19.6 Å². The standard InChI is InChI=1S/C30H28N2O5/c1-4-35-28-17-22(18-31-32-29(33)19-36-26-14-7-9-20(2)21(26)3)15-16-27(28)37-30(34)25-13-8-11-23-10-5-6-12-24(23)25/h5-18H,4,19H2,1-3H3,(H,32,33)/b31-18-. The Morgan fingerprint density at radius 2 is 1.65 bits per heavy atom. The molecule has 0 spiro atoms. The quantitative estimate of drug-likeness (QED) is 0.141. The van der Waals surface area contributed by atoms with Crippen molar-refractivity contribution in [1.82, 2.24) is 5.43 Å². The lowest BCUT2D eigenvalue weighted by Gasteiger charge is -2.12. The molecule has 0 bridgehead atoms. The second-order valence-corrected chi connectivity index (χ2v) is 8.34. The number of carbonyl (C=O) groups excluding carboxylic acids is 2. The van der Waals surface area contributed by atoms with Gasteiger partial charge in [0.15, 0.2) is 18.1 Å². The molecular weight excluding hydrogens is 468 g/mol. The zero-order valence-electron chi connectivity index (χ0n) is 21.0. The molecule has 0 saturated heterocycles. The molecule has 0 atom stereocenters. The van der Waals surface area contributed by atoms with Gasteiger partial charge in [0.1, 0.15) is 5.75 Å². The molecule has 7 heteroatoms. The SMILES string of the molecule is CCOc1cc(/C=N\NC(=O)COc2cccc(C)c2C)ccc1OC(=O)c1cccc2ccccc12. The van der Waals surface area contributed by atoms with Crippen molar-refractivity contribution < 1.29 is 23.8 Å². The van der Waals surface area contributed by atoms with Crippen LogP contribution in [0.1, 0.15) is 34.0 Å². The average Bonchev–Trinajstić information content (AvgIpc) is 2.90. The van der Waals surface area contributed by atoms with Crippen LogP contribution in [0.25, 0.3) is 10.8 Å². The van der Waals surface area contributed by atoms with Gasteiger partial charge >= 0.3 is 5.97 Å². The molecule has 0 saturated carbocycles. The van der Waals surface area contributed by atoms with Crippen LogP contribution in [-0.2, 0) is 4.79 Å². The molecule has 0 unspecified atom stereocenters. The first kappa shape index (κ1) is 25.4. The van der Waals surface area contributed by atoms with Crippen molar-refractivity contribution in [1.29, 1.82) is 0 Å². The topological polar surface area (TPSA) is 86.2 Å². The van der Waals surface area contributed by atoms with Crippen molar-refractivity contribution in [2.45, 2.75) is 20.8 Å². The second-order valence-electron chi connectivity index (χ2n) is 8.34. The van der Waals surface area contributed by atoms with Crippen molar-refractivity contribution in [2.75, 3.05) is 13.2 Å². The fourth-order valence-electron chi connectivity index (χ4n) is 3.75. The highest BCUT2D eigenvalue weighted by molar-refractivity contribution is 6.05. The minimum Gasteiger partial charge on any atom is -0.490 e. The van der Waals surface area contributed by atoms with Crippen LogP contribution in [0.5, 0.6) is 17.2 Å². The number of benzene rings is 4. The highest BCUT2D eigenvalue weighted by atomic mass is 16.6. The molecule has 1 N–H and O–H groups in total. The number of fused-ring (bicyclic) bond motifs is 1. The number of hydrogen-bond donors (Lipinski definition) is 1. The monoisotopic (exact) mass is 496 g/mol. The summed E-state index contributed by atoms with van der Waals surface area (Å²) in [5.74, 6) is 0.486. The van der Waals surface area contributed by atoms with Gasteiger partial charge in [0.25, 0.3) is 5.91 Å². The Balaban J connectivity index is 1.41. The van der Waals surface area contributed by atoms with E-state index in [2.05, 4.69) is 10.5 Å². The van der Waals surface area contributed by atoms with Crippen LogP contribution in [0.3, 0.4) is 0 Å². The number of nitrogens with one attached hydrogen (secondary N) is 1. The Morgan fingerprint density at radius 1 is 0.865 bits per heavy atom. The first-order valence-electron chi connectivity index (χ1n) is 11.9. The van der Waals surface area contributed by atoms with Gasteiger partial charge in [-0.1, -0.05) is 48.5 Å². The van der Waals surface area contributed by atoms with E-state index < -0.39 is 5.97 Å². The van der Waals surface area contributed by atoms with E-state index in [1.807, 2.05) is 75.4 Å². The predicted octanol–water partition coefficient (Wildman–Crippen LogP) is 5.60. The normalized spacial score (nSPS) is 10.9. The number of rotatable bonds is 9. The molecule has 1 amide bonds. The number of aryl methyl sites for hydroxylation is 1. The first-order valence-corrected chi connectivity index (χ1v) is 11.9. The molecule has 0 aliphatic carbocycles. The summed E-state index contributed by atoms with van der Waals surface area (Å²) < 4.78 is 17.0. The fourth-order valence-corrected chi connectivity index (χ4v) is 3.75. The Hall–Kier alpha value is -4.65. The number of carbonyl (C=O) groups is 2. The van der Waals surface area contributed by atoms with E-state index in [0.717, 1.165) is 21.9 Å². The number of ether oxygens (including phenoxy) is 3. The number of nitrogens with zero attached hydrogens (tertiary/aromatic N) is 1. The van der Waals surface area contributed by atoms with E-state index >= 15 is 0 Å². The smallest absolute Gasteiger partial charge is 0.344 e. The molecule has 0 radical (unpaired) electrons. The minimum atomic E-state index is -0.477. The Labute approximate surface area is 215 Å². The van der Waals surface area contributed by atoms with Gasteiger partial charge in [-0.3, -0.25) is 4.79 Å². The third-order valence-corrected chi connectivity index (χ3v) is 5.80. The summed E-state index contributed by atoms with van der Waals surface area (Å²) in [5, 5.41) is 5.77. The van der Waals surface area contributed by atoms with Crippen molar-refractivity contribution >= 4 is 28.9 Å². The summed E-state index contributed by atoms with van der Waals surface area (Å²) >= 11 is 0. The van der Waals surface area contributed by atoms with Crippen LogP contribution in [0, 0.1) is 13.8 Å². The maximum absolute atomic E-state index is 13.0. The number of esters is 1. The Kier molecular flexibility index (Phi) is 8.15. The van der Waals surface area contributed by atoms with E-state index in [1.165, 1.54) is 6.21 Å². The van der Waals surface area contributed by atoms with Crippen molar-refractivity contribution in [3.05, 3.63) is 101 Å². The second kappa shape index (κ2) is 11.9. The predicted molar refractivity (Wildman–Crippen MR) is 144 cm³/mol. The molecule has 0 aliphatic rings. The van der Waals surface area contributed by atoms with Crippen LogP contribution in [0.4, 0.5) is 0 Å². The highest BCUT2D eigenvalue weighted by Crippen LogP contribution is 2.30. The van der Waals surface area contributed by atoms with Gasteiger partial charge in [0.05, 0.1) is 18.4 Å². The molecular formula is C30H28N2O5. The van der Waals surface area contributed by atoms with Crippen molar-refractivity contribution in [3.63, 3.8) is 0 Å². The highest BCUT2D eigenvalue weighted by Gasteiger charge is 2.15. The largest absolute Gasteiger partial charge is 0.490 e. The zero-order valence-corrected chi connectivity index (χ0v) is 21.0. The lowest BCUT2D eigenvalue weighted by atomic mass is 10.0. The van der Waals surface area contributed by atoms with Crippen LogP contribution in [0.15, 0.2) is 84.0 Å². The molecule has 188 valence electrons. The third kappa shape index (κ3) is 6.32. The number of hydrazone groups is 1. The average molecular weight is 497 g/mol. The van der Waals surface area contributed by atoms with E-state index in [1.54, 1.807) is 24.3 Å². The molecule has 0 aliphatic heterocycles. The molecule has 37 heavy (non-hydrogen) atoms. The minimum absolute atomic E-state index is 0.158. The summed E-state index contributed by atoms with van der Waals surface area (Å²) in [7, 11) is 0. The molecule has 4 aromatic rings. The molecule has 4 aromatic carbocycles. The van der Waals surface area contributed by atoms with Crippen LogP contribution >= 0.6 is 0 Å². The number of amides is 1. The van der Waals surface area contributed by atoms with Gasteiger partial charge in [-0.15, -0.1) is 0 Å². The summed E-state index contributed by atoms with van der Waals surface area (Å²) in [4.78, 5) is 25.1. The number of hydrogen-bond acceptors (Lipinski definition) is 6. The van der Waals surface area contributed by atoms with Gasteiger partial charge in [0, 0.05) is 0 Å². The summed E-state index contributed by atoms with van der Waals surface area (Å²) in [5.41, 5.74) is 5.66.